The van der Waals surface area contributed by atoms with E-state index in [9.17, 15) is 15.4 Å². The zero-order valence-corrected chi connectivity index (χ0v) is 18.0. The van der Waals surface area contributed by atoms with Crippen LogP contribution in [0.25, 0.3) is 22.7 Å². The number of aryl methyl sites for hydroxylation is 1. The zero-order valence-electron chi connectivity index (χ0n) is 18.0. The van der Waals surface area contributed by atoms with Gasteiger partial charge < -0.3 is 14.5 Å². The van der Waals surface area contributed by atoms with Gasteiger partial charge in [0.2, 0.25) is 0 Å². The highest BCUT2D eigenvalue weighted by molar-refractivity contribution is 5.90. The molecule has 4 rings (SSSR count). The van der Waals surface area contributed by atoms with E-state index in [1.54, 1.807) is 36.4 Å². The average molecular weight is 440 g/mol. The third-order valence-electron chi connectivity index (χ3n) is 5.03. The standard InChI is InChI=1S/C25H20N4O4/c1-16-6-8-21-22(10-16)28-25(27-21)19(14-26)11-17-7-9-23(24(13-17)32-2)33-15-18-4-3-5-20(12-18)29(30)31/h3-13H,15H2,1-2H3,(H,27,28). The smallest absolute Gasteiger partial charge is 0.269 e. The fourth-order valence-electron chi connectivity index (χ4n) is 3.39. The number of rotatable bonds is 7. The van der Waals surface area contributed by atoms with Crippen LogP contribution >= 0.6 is 0 Å². The number of aromatic amines is 1. The number of hydrogen-bond donors (Lipinski definition) is 1. The van der Waals surface area contributed by atoms with Gasteiger partial charge in [-0.3, -0.25) is 10.1 Å². The van der Waals surface area contributed by atoms with Crippen LogP contribution in [0.4, 0.5) is 5.69 Å². The monoisotopic (exact) mass is 440 g/mol. The summed E-state index contributed by atoms with van der Waals surface area (Å²) in [6.07, 6.45) is 1.72. The Bertz CT molecular complexity index is 1420. The number of fused-ring (bicyclic) bond motifs is 1. The van der Waals surface area contributed by atoms with Crippen LogP contribution in [0.5, 0.6) is 11.5 Å². The van der Waals surface area contributed by atoms with Crippen LogP contribution in [0.2, 0.25) is 0 Å². The van der Waals surface area contributed by atoms with Crippen molar-refractivity contribution in [3.8, 4) is 17.6 Å². The molecule has 1 aromatic heterocycles. The summed E-state index contributed by atoms with van der Waals surface area (Å²) in [7, 11) is 1.52. The molecule has 4 aromatic rings. The molecule has 0 spiro atoms. The van der Waals surface area contributed by atoms with Crippen molar-refractivity contribution in [2.24, 2.45) is 0 Å². The third-order valence-corrected chi connectivity index (χ3v) is 5.03. The van der Waals surface area contributed by atoms with E-state index in [1.165, 1.54) is 19.2 Å². The van der Waals surface area contributed by atoms with E-state index in [-0.39, 0.29) is 12.3 Å². The Hall–Kier alpha value is -4.64. The van der Waals surface area contributed by atoms with Gasteiger partial charge in [-0.15, -0.1) is 0 Å². The number of allylic oxidation sites excluding steroid dienone is 1. The van der Waals surface area contributed by atoms with Crippen molar-refractivity contribution in [1.82, 2.24) is 9.97 Å². The maximum atomic E-state index is 11.0. The molecule has 33 heavy (non-hydrogen) atoms. The van der Waals surface area contributed by atoms with Crippen molar-refractivity contribution in [3.63, 3.8) is 0 Å². The van der Waals surface area contributed by atoms with Gasteiger partial charge in [-0.25, -0.2) is 4.98 Å². The molecule has 164 valence electrons. The average Bonchev–Trinajstić information content (AvgIpc) is 3.24. The molecule has 0 atom stereocenters. The van der Waals surface area contributed by atoms with E-state index in [0.717, 1.165) is 22.2 Å². The Kier molecular flexibility index (Phi) is 6.04. The van der Waals surface area contributed by atoms with E-state index < -0.39 is 4.92 Å². The summed E-state index contributed by atoms with van der Waals surface area (Å²) in [5, 5.41) is 20.6. The number of nitro benzene ring substituents is 1. The zero-order chi connectivity index (χ0) is 23.4. The fraction of sp³-hybridized carbons (Fsp3) is 0.120. The molecule has 0 aliphatic carbocycles. The largest absolute Gasteiger partial charge is 0.493 e. The second kappa shape index (κ2) is 9.24. The van der Waals surface area contributed by atoms with Crippen LogP contribution in [-0.4, -0.2) is 22.0 Å². The number of H-pyrrole nitrogens is 1. The second-order valence-corrected chi connectivity index (χ2v) is 7.40. The van der Waals surface area contributed by atoms with Gasteiger partial charge in [-0.1, -0.05) is 24.3 Å². The summed E-state index contributed by atoms with van der Waals surface area (Å²) < 4.78 is 11.3. The highest BCUT2D eigenvalue weighted by Gasteiger charge is 2.11. The van der Waals surface area contributed by atoms with Gasteiger partial charge in [0.15, 0.2) is 11.5 Å². The van der Waals surface area contributed by atoms with Crippen LogP contribution in [0, 0.1) is 28.4 Å². The van der Waals surface area contributed by atoms with Crippen molar-refractivity contribution in [2.75, 3.05) is 7.11 Å². The van der Waals surface area contributed by atoms with E-state index in [0.29, 0.717) is 28.5 Å². The van der Waals surface area contributed by atoms with E-state index in [1.807, 2.05) is 25.1 Å². The molecular formula is C25H20N4O4. The molecular weight excluding hydrogens is 420 g/mol. The van der Waals surface area contributed by atoms with Crippen LogP contribution in [0.3, 0.4) is 0 Å². The predicted molar refractivity (Wildman–Crippen MR) is 125 cm³/mol. The molecule has 0 saturated heterocycles. The summed E-state index contributed by atoms with van der Waals surface area (Å²) in [4.78, 5) is 18.2. The van der Waals surface area contributed by atoms with Crippen LogP contribution in [-0.2, 0) is 6.61 Å². The molecule has 1 heterocycles. The molecule has 0 aliphatic heterocycles. The van der Waals surface area contributed by atoms with Crippen molar-refractivity contribution in [1.29, 1.82) is 5.26 Å². The number of benzene rings is 3. The summed E-state index contributed by atoms with van der Waals surface area (Å²) in [6.45, 7) is 2.14. The Morgan fingerprint density at radius 1 is 1.18 bits per heavy atom. The summed E-state index contributed by atoms with van der Waals surface area (Å²) in [6, 6.07) is 19.6. The van der Waals surface area contributed by atoms with Crippen LogP contribution in [0.15, 0.2) is 60.7 Å². The number of ether oxygens (including phenoxy) is 2. The van der Waals surface area contributed by atoms with Gasteiger partial charge in [0, 0.05) is 12.1 Å². The minimum Gasteiger partial charge on any atom is -0.493 e. The lowest BCUT2D eigenvalue weighted by Crippen LogP contribution is -1.99. The number of imidazole rings is 1. The highest BCUT2D eigenvalue weighted by Crippen LogP contribution is 2.31. The quantitative estimate of drug-likeness (QED) is 0.233. The number of methoxy groups -OCH3 is 1. The van der Waals surface area contributed by atoms with Gasteiger partial charge >= 0.3 is 0 Å². The molecule has 0 radical (unpaired) electrons. The first-order valence-corrected chi connectivity index (χ1v) is 10.1. The SMILES string of the molecule is COc1cc(C=C(C#N)c2nc3ccc(C)cc3[nH]2)ccc1OCc1cccc([N+](=O)[O-])c1. The Morgan fingerprint density at radius 2 is 2.03 bits per heavy atom. The van der Waals surface area contributed by atoms with E-state index in [4.69, 9.17) is 9.47 Å². The number of nitrogens with one attached hydrogen (secondary N) is 1. The van der Waals surface area contributed by atoms with E-state index >= 15 is 0 Å². The first-order valence-electron chi connectivity index (χ1n) is 10.1. The fourth-order valence-corrected chi connectivity index (χ4v) is 3.39. The number of nitrogens with zero attached hydrogens (tertiary/aromatic N) is 3. The Labute approximate surface area is 189 Å². The van der Waals surface area contributed by atoms with Gasteiger partial charge in [-0.2, -0.15) is 5.26 Å². The van der Waals surface area contributed by atoms with Crippen molar-refractivity contribution < 1.29 is 14.4 Å². The molecule has 8 heteroatoms. The Morgan fingerprint density at radius 3 is 2.79 bits per heavy atom. The molecule has 0 aliphatic rings. The molecule has 3 aromatic carbocycles. The van der Waals surface area contributed by atoms with Crippen molar-refractivity contribution >= 4 is 28.4 Å². The maximum Gasteiger partial charge on any atom is 0.269 e. The molecule has 1 N–H and O–H groups in total. The molecule has 0 unspecified atom stereocenters. The van der Waals surface area contributed by atoms with Gasteiger partial charge in [0.05, 0.1) is 28.6 Å². The molecule has 0 bridgehead atoms. The second-order valence-electron chi connectivity index (χ2n) is 7.40. The van der Waals surface area contributed by atoms with Gasteiger partial charge in [0.25, 0.3) is 5.69 Å². The summed E-state index contributed by atoms with van der Waals surface area (Å²) in [5.41, 5.74) is 4.56. The van der Waals surface area contributed by atoms with Crippen LogP contribution in [0.1, 0.15) is 22.5 Å². The normalized spacial score (nSPS) is 11.2. The number of aromatic nitrogens is 2. The summed E-state index contributed by atoms with van der Waals surface area (Å²) in [5.74, 6) is 1.45. The number of hydrogen-bond acceptors (Lipinski definition) is 6. The molecule has 8 nitrogen and oxygen atoms in total. The lowest BCUT2D eigenvalue weighted by atomic mass is 10.1. The highest BCUT2D eigenvalue weighted by atomic mass is 16.6. The maximum absolute atomic E-state index is 11.0. The topological polar surface area (TPSA) is 114 Å². The number of nitriles is 1. The summed E-state index contributed by atoms with van der Waals surface area (Å²) >= 11 is 0. The lowest BCUT2D eigenvalue weighted by molar-refractivity contribution is -0.384. The molecule has 0 saturated carbocycles. The number of nitro groups is 1. The van der Waals surface area contributed by atoms with Gasteiger partial charge in [-0.05, 0) is 54.0 Å². The van der Waals surface area contributed by atoms with E-state index in [2.05, 4.69) is 16.0 Å². The predicted octanol–water partition coefficient (Wildman–Crippen LogP) is 5.43. The first-order chi connectivity index (χ1) is 16.0. The van der Waals surface area contributed by atoms with Gasteiger partial charge in [0.1, 0.15) is 18.5 Å². The Balaban J connectivity index is 1.57. The lowest BCUT2D eigenvalue weighted by Gasteiger charge is -2.11. The minimum atomic E-state index is -0.443. The molecule has 0 fully saturated rings. The molecule has 0 amide bonds. The first kappa shape index (κ1) is 21.6. The number of non-ortho nitro benzene ring substituents is 1. The van der Waals surface area contributed by atoms with Crippen LogP contribution < -0.4 is 9.47 Å². The third kappa shape index (κ3) is 4.83. The minimum absolute atomic E-state index is 0.00771. The van der Waals surface area contributed by atoms with Crippen molar-refractivity contribution in [3.05, 3.63) is 93.3 Å². The van der Waals surface area contributed by atoms with Crippen molar-refractivity contribution in [2.45, 2.75) is 13.5 Å².